The maximum atomic E-state index is 13.3. The quantitative estimate of drug-likeness (QED) is 0.424. The second-order valence-electron chi connectivity index (χ2n) is 8.24. The maximum Gasteiger partial charge on any atom is 0.243 e. The van der Waals surface area contributed by atoms with Gasteiger partial charge in [0.15, 0.2) is 0 Å². The Morgan fingerprint density at radius 1 is 0.848 bits per heavy atom. The van der Waals surface area contributed by atoms with Gasteiger partial charge < -0.3 is 5.32 Å². The van der Waals surface area contributed by atoms with Crippen LogP contribution in [0.1, 0.15) is 36.5 Å². The van der Waals surface area contributed by atoms with E-state index in [-0.39, 0.29) is 23.9 Å². The Morgan fingerprint density at radius 3 is 2.12 bits per heavy atom. The van der Waals surface area contributed by atoms with Crippen LogP contribution in [-0.4, -0.2) is 31.7 Å². The molecule has 3 rings (SSSR count). The summed E-state index contributed by atoms with van der Waals surface area (Å²) < 4.78 is 27.9. The number of hydrogen-bond donors (Lipinski definition) is 1. The van der Waals surface area contributed by atoms with Crippen molar-refractivity contribution in [3.8, 4) is 0 Å². The Morgan fingerprint density at radius 2 is 1.48 bits per heavy atom. The van der Waals surface area contributed by atoms with Crippen molar-refractivity contribution >= 4 is 21.6 Å². The topological polar surface area (TPSA) is 66.5 Å². The van der Waals surface area contributed by atoms with Crippen molar-refractivity contribution in [2.75, 3.05) is 18.4 Å². The van der Waals surface area contributed by atoms with Gasteiger partial charge in [0.05, 0.1) is 11.4 Å². The molecule has 5 nitrogen and oxygen atoms in total. The number of unbranched alkanes of at least 4 members (excludes halogenated alkanes) is 1. The van der Waals surface area contributed by atoms with E-state index < -0.39 is 10.0 Å². The van der Waals surface area contributed by atoms with Crippen LogP contribution in [0.4, 0.5) is 5.69 Å². The number of aryl methyl sites for hydroxylation is 2. The number of nitrogens with one attached hydrogen (secondary N) is 1. The molecule has 1 amide bonds. The van der Waals surface area contributed by atoms with Gasteiger partial charge in [-0.1, -0.05) is 73.5 Å². The summed E-state index contributed by atoms with van der Waals surface area (Å²) in [6.45, 7) is 4.03. The number of sulfonamides is 1. The van der Waals surface area contributed by atoms with E-state index in [2.05, 4.69) is 12.2 Å². The average Bonchev–Trinajstić information content (AvgIpc) is 2.82. The predicted molar refractivity (Wildman–Crippen MR) is 134 cm³/mol. The third-order valence-electron chi connectivity index (χ3n) is 5.53. The molecule has 0 aliphatic rings. The summed E-state index contributed by atoms with van der Waals surface area (Å²) in [7, 11) is -3.82. The van der Waals surface area contributed by atoms with Crippen LogP contribution >= 0.6 is 0 Å². The molecule has 174 valence electrons. The van der Waals surface area contributed by atoms with Gasteiger partial charge in [-0.25, -0.2) is 8.42 Å². The summed E-state index contributed by atoms with van der Waals surface area (Å²) in [5, 5.41) is 2.84. The summed E-state index contributed by atoms with van der Waals surface area (Å²) in [6, 6.07) is 24.1. The molecule has 0 aromatic heterocycles. The highest BCUT2D eigenvalue weighted by molar-refractivity contribution is 7.89. The first kappa shape index (κ1) is 24.7. The van der Waals surface area contributed by atoms with Crippen molar-refractivity contribution in [2.45, 2.75) is 44.4 Å². The normalized spacial score (nSPS) is 11.5. The number of anilines is 1. The molecule has 0 unspecified atom stereocenters. The highest BCUT2D eigenvalue weighted by atomic mass is 32.2. The minimum Gasteiger partial charge on any atom is -0.325 e. The molecule has 0 aliphatic heterocycles. The first-order valence-corrected chi connectivity index (χ1v) is 12.8. The smallest absolute Gasteiger partial charge is 0.243 e. The summed E-state index contributed by atoms with van der Waals surface area (Å²) in [5.74, 6) is -0.361. The van der Waals surface area contributed by atoms with Crippen LogP contribution in [0.2, 0.25) is 0 Å². The third kappa shape index (κ3) is 7.27. The second kappa shape index (κ2) is 11.8. The van der Waals surface area contributed by atoms with E-state index in [9.17, 15) is 13.2 Å². The molecular weight excluding hydrogens is 432 g/mol. The average molecular weight is 465 g/mol. The minimum absolute atomic E-state index is 0.189. The third-order valence-corrected chi connectivity index (χ3v) is 7.39. The van der Waals surface area contributed by atoms with Crippen LogP contribution in [0.5, 0.6) is 0 Å². The van der Waals surface area contributed by atoms with Crippen molar-refractivity contribution in [3.63, 3.8) is 0 Å². The lowest BCUT2D eigenvalue weighted by atomic mass is 10.1. The molecule has 1 N–H and O–H groups in total. The SMILES string of the molecule is CCCCc1ccc(NC(=O)CN(CCc2ccccc2)S(=O)(=O)c2ccc(C)cc2)cc1. The van der Waals surface area contributed by atoms with Crippen LogP contribution in [0.15, 0.2) is 83.8 Å². The Balaban J connectivity index is 1.73. The lowest BCUT2D eigenvalue weighted by Crippen LogP contribution is -2.39. The number of carbonyl (C=O) groups is 1. The highest BCUT2D eigenvalue weighted by Crippen LogP contribution is 2.18. The van der Waals surface area contributed by atoms with Gasteiger partial charge in [0.25, 0.3) is 0 Å². The van der Waals surface area contributed by atoms with E-state index in [0.717, 1.165) is 30.4 Å². The second-order valence-corrected chi connectivity index (χ2v) is 10.2. The molecule has 33 heavy (non-hydrogen) atoms. The van der Waals surface area contributed by atoms with E-state index in [1.165, 1.54) is 9.87 Å². The van der Waals surface area contributed by atoms with E-state index in [4.69, 9.17) is 0 Å². The lowest BCUT2D eigenvalue weighted by molar-refractivity contribution is -0.116. The van der Waals surface area contributed by atoms with E-state index in [1.54, 1.807) is 24.3 Å². The Kier molecular flexibility index (Phi) is 8.80. The van der Waals surface area contributed by atoms with E-state index in [0.29, 0.717) is 12.1 Å². The summed E-state index contributed by atoms with van der Waals surface area (Å²) in [5.41, 5.74) is 3.88. The van der Waals surface area contributed by atoms with Crippen molar-refractivity contribution < 1.29 is 13.2 Å². The number of nitrogens with zero attached hydrogens (tertiary/aromatic N) is 1. The summed E-state index contributed by atoms with van der Waals surface area (Å²) >= 11 is 0. The van der Waals surface area contributed by atoms with Crippen LogP contribution in [0.25, 0.3) is 0 Å². The van der Waals surface area contributed by atoms with Gasteiger partial charge in [0, 0.05) is 12.2 Å². The molecule has 0 saturated carbocycles. The molecule has 3 aromatic rings. The van der Waals surface area contributed by atoms with Gasteiger partial charge in [-0.3, -0.25) is 4.79 Å². The van der Waals surface area contributed by atoms with Crippen molar-refractivity contribution in [3.05, 3.63) is 95.6 Å². The van der Waals surface area contributed by atoms with Gasteiger partial charge in [0.2, 0.25) is 15.9 Å². The van der Waals surface area contributed by atoms with Crippen molar-refractivity contribution in [1.82, 2.24) is 4.31 Å². The monoisotopic (exact) mass is 464 g/mol. The first-order chi connectivity index (χ1) is 15.9. The van der Waals surface area contributed by atoms with Gasteiger partial charge in [-0.15, -0.1) is 0 Å². The van der Waals surface area contributed by atoms with Gasteiger partial charge in [-0.05, 0) is 61.6 Å². The Hall–Kier alpha value is -2.96. The molecule has 3 aromatic carbocycles. The number of amides is 1. The maximum absolute atomic E-state index is 13.3. The Bertz CT molecular complexity index is 1130. The minimum atomic E-state index is -3.82. The number of hydrogen-bond acceptors (Lipinski definition) is 3. The van der Waals surface area contributed by atoms with Gasteiger partial charge in [0.1, 0.15) is 0 Å². The number of rotatable bonds is 11. The molecule has 6 heteroatoms. The zero-order valence-corrected chi connectivity index (χ0v) is 20.1. The Labute approximate surface area is 197 Å². The molecule has 0 atom stereocenters. The van der Waals surface area contributed by atoms with Gasteiger partial charge >= 0.3 is 0 Å². The van der Waals surface area contributed by atoms with Crippen LogP contribution < -0.4 is 5.32 Å². The predicted octanol–water partition coefficient (Wildman–Crippen LogP) is 5.21. The molecule has 0 fully saturated rings. The fraction of sp³-hybridized carbons (Fsp3) is 0.296. The zero-order chi connectivity index (χ0) is 23.7. The standard InChI is InChI=1S/C27H32N2O3S/c1-3-4-8-24-13-15-25(16-14-24)28-27(30)21-29(20-19-23-9-6-5-7-10-23)33(31,32)26-17-11-22(2)12-18-26/h5-7,9-18H,3-4,8,19-21H2,1-2H3,(H,28,30). The van der Waals surface area contributed by atoms with Gasteiger partial charge in [-0.2, -0.15) is 4.31 Å². The fourth-order valence-electron chi connectivity index (χ4n) is 3.54. The molecule has 0 radical (unpaired) electrons. The fourth-order valence-corrected chi connectivity index (χ4v) is 4.94. The van der Waals surface area contributed by atoms with Crippen molar-refractivity contribution in [2.24, 2.45) is 0 Å². The molecule has 0 spiro atoms. The van der Waals surface area contributed by atoms with E-state index in [1.807, 2.05) is 61.5 Å². The number of carbonyl (C=O) groups excluding carboxylic acids is 1. The molecule has 0 saturated heterocycles. The largest absolute Gasteiger partial charge is 0.325 e. The van der Waals surface area contributed by atoms with E-state index >= 15 is 0 Å². The first-order valence-electron chi connectivity index (χ1n) is 11.4. The lowest BCUT2D eigenvalue weighted by Gasteiger charge is -2.22. The zero-order valence-electron chi connectivity index (χ0n) is 19.3. The molecule has 0 heterocycles. The number of benzene rings is 3. The molecule has 0 bridgehead atoms. The van der Waals surface area contributed by atoms with Crippen LogP contribution in [0, 0.1) is 6.92 Å². The highest BCUT2D eigenvalue weighted by Gasteiger charge is 2.26. The molecular formula is C27H32N2O3S. The van der Waals surface area contributed by atoms with Crippen LogP contribution in [0.3, 0.4) is 0 Å². The molecule has 0 aliphatic carbocycles. The van der Waals surface area contributed by atoms with Crippen LogP contribution in [-0.2, 0) is 27.7 Å². The van der Waals surface area contributed by atoms with Crippen molar-refractivity contribution in [1.29, 1.82) is 0 Å². The summed E-state index contributed by atoms with van der Waals surface area (Å²) in [4.78, 5) is 13.0. The summed E-state index contributed by atoms with van der Waals surface area (Å²) in [6.07, 6.45) is 3.78.